The van der Waals surface area contributed by atoms with E-state index >= 15 is 0 Å². The Kier molecular flexibility index (Phi) is 2.86. The molecule has 1 N–H and O–H groups in total. The van der Waals surface area contributed by atoms with E-state index in [0.29, 0.717) is 0 Å². The molecular formula is C12H20O3. The van der Waals surface area contributed by atoms with E-state index in [4.69, 9.17) is 4.74 Å². The van der Waals surface area contributed by atoms with Gasteiger partial charge < -0.3 is 14.6 Å². The summed E-state index contributed by atoms with van der Waals surface area (Å²) in [7, 11) is 0. The Balaban J connectivity index is 2.00. The highest BCUT2D eigenvalue weighted by Crippen LogP contribution is 2.47. The molecule has 2 rings (SSSR count). The van der Waals surface area contributed by atoms with Crippen LogP contribution >= 0.6 is 0 Å². The van der Waals surface area contributed by atoms with Crippen LogP contribution in [0.1, 0.15) is 45.4 Å². The van der Waals surface area contributed by atoms with Crippen molar-refractivity contribution in [1.29, 1.82) is 0 Å². The highest BCUT2D eigenvalue weighted by molar-refractivity contribution is 5.51. The van der Waals surface area contributed by atoms with Gasteiger partial charge in [0.1, 0.15) is 6.29 Å². The molecule has 1 spiro atoms. The molecule has 2 atom stereocenters. The van der Waals surface area contributed by atoms with Crippen molar-refractivity contribution in [2.45, 2.75) is 56.7 Å². The Morgan fingerprint density at radius 2 is 2.33 bits per heavy atom. The van der Waals surface area contributed by atoms with Crippen LogP contribution in [0.4, 0.5) is 0 Å². The van der Waals surface area contributed by atoms with E-state index in [-0.39, 0.29) is 17.9 Å². The molecule has 0 amide bonds. The van der Waals surface area contributed by atoms with Gasteiger partial charge in [-0.15, -0.1) is 0 Å². The molecule has 86 valence electrons. The normalized spacial score (nSPS) is 33.1. The Morgan fingerprint density at radius 1 is 1.60 bits per heavy atom. The monoisotopic (exact) mass is 212 g/mol. The fourth-order valence-corrected chi connectivity index (χ4v) is 2.81. The number of aliphatic hydroxyl groups is 1. The van der Waals surface area contributed by atoms with E-state index < -0.39 is 5.60 Å². The fraction of sp³-hybridized carbons (Fsp3) is 0.917. The van der Waals surface area contributed by atoms with Crippen LogP contribution in [0.5, 0.6) is 0 Å². The fourth-order valence-electron chi connectivity index (χ4n) is 2.81. The summed E-state index contributed by atoms with van der Waals surface area (Å²) in [5.41, 5.74) is -0.788. The van der Waals surface area contributed by atoms with E-state index in [0.717, 1.165) is 38.6 Å². The summed E-state index contributed by atoms with van der Waals surface area (Å²) >= 11 is 0. The number of carbonyl (C=O) groups is 1. The lowest BCUT2D eigenvalue weighted by Gasteiger charge is -2.50. The van der Waals surface area contributed by atoms with Gasteiger partial charge in [0.15, 0.2) is 0 Å². The van der Waals surface area contributed by atoms with Gasteiger partial charge in [0.2, 0.25) is 0 Å². The first-order chi connectivity index (χ1) is 7.08. The second-order valence-corrected chi connectivity index (χ2v) is 5.30. The summed E-state index contributed by atoms with van der Waals surface area (Å²) in [6.07, 6.45) is 6.36. The second-order valence-electron chi connectivity index (χ2n) is 5.30. The Labute approximate surface area is 90.8 Å². The van der Waals surface area contributed by atoms with Gasteiger partial charge in [-0.1, -0.05) is 0 Å². The van der Waals surface area contributed by atoms with Crippen molar-refractivity contribution < 1.29 is 14.6 Å². The van der Waals surface area contributed by atoms with E-state index in [1.165, 1.54) is 6.42 Å². The molecule has 1 aliphatic carbocycles. The van der Waals surface area contributed by atoms with Crippen LogP contribution < -0.4 is 0 Å². The van der Waals surface area contributed by atoms with Crippen LogP contribution in [0.15, 0.2) is 0 Å². The van der Waals surface area contributed by atoms with Crippen molar-refractivity contribution in [3.8, 4) is 0 Å². The second kappa shape index (κ2) is 3.87. The number of carbonyl (C=O) groups excluding carboxylic acids is 1. The topological polar surface area (TPSA) is 46.5 Å². The predicted octanol–water partition coefficient (Wildman–Crippen LogP) is 1.68. The van der Waals surface area contributed by atoms with Crippen molar-refractivity contribution in [2.24, 2.45) is 5.92 Å². The minimum absolute atomic E-state index is 0.0514. The first-order valence-electron chi connectivity index (χ1n) is 5.88. The zero-order chi connectivity index (χ0) is 10.9. The predicted molar refractivity (Wildman–Crippen MR) is 56.6 cm³/mol. The van der Waals surface area contributed by atoms with E-state index in [1.807, 2.05) is 0 Å². The zero-order valence-electron chi connectivity index (χ0n) is 9.37. The van der Waals surface area contributed by atoms with Crippen LogP contribution in [-0.2, 0) is 9.53 Å². The van der Waals surface area contributed by atoms with Crippen molar-refractivity contribution in [3.05, 3.63) is 0 Å². The maximum atomic E-state index is 10.5. The maximum absolute atomic E-state index is 10.5. The number of rotatable bonds is 3. The number of ether oxygens (including phenoxy) is 1. The van der Waals surface area contributed by atoms with Gasteiger partial charge in [0, 0.05) is 13.0 Å². The highest BCUT2D eigenvalue weighted by Gasteiger charge is 2.46. The molecular weight excluding hydrogens is 192 g/mol. The standard InChI is InChI=1S/C12H20O3/c1-11(14,6-7-13)10-3-8-15-12(9-10)4-2-5-12/h7,10,14H,2-6,8-9H2,1H3. The summed E-state index contributed by atoms with van der Waals surface area (Å²) in [5, 5.41) is 10.2. The van der Waals surface area contributed by atoms with Crippen molar-refractivity contribution >= 4 is 6.29 Å². The van der Waals surface area contributed by atoms with Gasteiger partial charge in [0.05, 0.1) is 11.2 Å². The number of hydrogen-bond donors (Lipinski definition) is 1. The molecule has 2 fully saturated rings. The SMILES string of the molecule is CC(O)(CC=O)C1CCOC2(CCC2)C1. The summed E-state index contributed by atoms with van der Waals surface area (Å²) in [6, 6.07) is 0. The van der Waals surface area contributed by atoms with Gasteiger partial charge in [-0.2, -0.15) is 0 Å². The van der Waals surface area contributed by atoms with Gasteiger partial charge >= 0.3 is 0 Å². The van der Waals surface area contributed by atoms with Crippen LogP contribution in [0.25, 0.3) is 0 Å². The molecule has 1 saturated carbocycles. The van der Waals surface area contributed by atoms with Gasteiger partial charge in [-0.3, -0.25) is 0 Å². The molecule has 15 heavy (non-hydrogen) atoms. The molecule has 0 radical (unpaired) electrons. The van der Waals surface area contributed by atoms with E-state index in [2.05, 4.69) is 0 Å². The average Bonchev–Trinajstić information content (AvgIpc) is 2.16. The van der Waals surface area contributed by atoms with Gasteiger partial charge in [-0.05, 0) is 44.9 Å². The molecule has 1 aliphatic heterocycles. The molecule has 0 aromatic carbocycles. The maximum Gasteiger partial charge on any atom is 0.122 e. The lowest BCUT2D eigenvalue weighted by Crippen LogP contribution is -2.50. The molecule has 3 heteroatoms. The third-order valence-electron chi connectivity index (χ3n) is 4.13. The van der Waals surface area contributed by atoms with Crippen LogP contribution in [0.3, 0.4) is 0 Å². The van der Waals surface area contributed by atoms with Gasteiger partial charge in [0.25, 0.3) is 0 Å². The van der Waals surface area contributed by atoms with Crippen LogP contribution in [0.2, 0.25) is 0 Å². The van der Waals surface area contributed by atoms with E-state index in [1.54, 1.807) is 6.92 Å². The Hall–Kier alpha value is -0.410. The summed E-state index contributed by atoms with van der Waals surface area (Å²) in [5.74, 6) is 0.219. The molecule has 0 bridgehead atoms. The van der Waals surface area contributed by atoms with Crippen LogP contribution in [0, 0.1) is 5.92 Å². The summed E-state index contributed by atoms with van der Waals surface area (Å²) in [4.78, 5) is 10.5. The minimum atomic E-state index is -0.839. The lowest BCUT2D eigenvalue weighted by molar-refractivity contribution is -0.173. The first-order valence-corrected chi connectivity index (χ1v) is 5.88. The largest absolute Gasteiger partial charge is 0.389 e. The molecule has 2 unspecified atom stereocenters. The average molecular weight is 212 g/mol. The summed E-state index contributed by atoms with van der Waals surface area (Å²) in [6.45, 7) is 2.52. The van der Waals surface area contributed by atoms with Crippen molar-refractivity contribution in [1.82, 2.24) is 0 Å². The molecule has 2 aliphatic rings. The van der Waals surface area contributed by atoms with Crippen LogP contribution in [-0.4, -0.2) is 29.2 Å². The molecule has 1 saturated heterocycles. The molecule has 1 heterocycles. The van der Waals surface area contributed by atoms with Crippen molar-refractivity contribution in [2.75, 3.05) is 6.61 Å². The number of hydrogen-bond acceptors (Lipinski definition) is 3. The van der Waals surface area contributed by atoms with E-state index in [9.17, 15) is 9.90 Å². The zero-order valence-corrected chi connectivity index (χ0v) is 9.37. The van der Waals surface area contributed by atoms with Crippen molar-refractivity contribution in [3.63, 3.8) is 0 Å². The minimum Gasteiger partial charge on any atom is -0.389 e. The number of aldehydes is 1. The Morgan fingerprint density at radius 3 is 2.87 bits per heavy atom. The quantitative estimate of drug-likeness (QED) is 0.724. The first kappa shape index (κ1) is 11.1. The Bertz CT molecular complexity index is 243. The molecule has 3 nitrogen and oxygen atoms in total. The third-order valence-corrected chi connectivity index (χ3v) is 4.13. The third kappa shape index (κ3) is 2.08. The summed E-state index contributed by atoms with van der Waals surface area (Å²) < 4.78 is 5.81. The smallest absolute Gasteiger partial charge is 0.122 e. The van der Waals surface area contributed by atoms with Gasteiger partial charge in [-0.25, -0.2) is 0 Å². The lowest BCUT2D eigenvalue weighted by atomic mass is 9.67. The molecule has 0 aromatic rings. The highest BCUT2D eigenvalue weighted by atomic mass is 16.5. The molecule has 0 aromatic heterocycles.